The maximum Gasteiger partial charge on any atom is 0.126 e. The van der Waals surface area contributed by atoms with Crippen LogP contribution in [0.4, 0.5) is 4.39 Å². The van der Waals surface area contributed by atoms with Gasteiger partial charge in [0.05, 0.1) is 0 Å². The van der Waals surface area contributed by atoms with Gasteiger partial charge in [0, 0.05) is 5.54 Å². The highest BCUT2D eigenvalue weighted by molar-refractivity contribution is 5.40. The highest BCUT2D eigenvalue weighted by Gasteiger charge is 2.35. The fraction of sp³-hybridized carbons (Fsp3) is 0.250. The van der Waals surface area contributed by atoms with Crippen molar-refractivity contribution < 1.29 is 4.39 Å². The molecule has 0 bridgehead atoms. The van der Waals surface area contributed by atoms with Gasteiger partial charge in [0.1, 0.15) is 5.82 Å². The molecule has 2 aromatic rings. The normalized spacial score (nSPS) is 21.9. The smallest absolute Gasteiger partial charge is 0.126 e. The second-order valence-corrected chi connectivity index (χ2v) is 5.08. The van der Waals surface area contributed by atoms with Gasteiger partial charge < -0.3 is 5.73 Å². The van der Waals surface area contributed by atoms with E-state index in [0.717, 1.165) is 12.8 Å². The molecule has 0 saturated heterocycles. The Morgan fingerprint density at radius 3 is 2.61 bits per heavy atom. The summed E-state index contributed by atoms with van der Waals surface area (Å²) in [5, 5.41) is 0. The molecular weight excluding hydrogens is 225 g/mol. The Morgan fingerprint density at radius 2 is 1.78 bits per heavy atom. The van der Waals surface area contributed by atoms with Crippen molar-refractivity contribution in [2.45, 2.75) is 24.8 Å². The average molecular weight is 241 g/mol. The summed E-state index contributed by atoms with van der Waals surface area (Å²) in [4.78, 5) is 0. The zero-order chi connectivity index (χ0) is 12.6. The zero-order valence-electron chi connectivity index (χ0n) is 10.2. The number of hydrogen-bond acceptors (Lipinski definition) is 1. The SMILES string of the molecule is NC1(Cc2ccccc2F)CCc2ccccc21. The number of halogens is 1. The third-order valence-electron chi connectivity index (χ3n) is 3.86. The van der Waals surface area contributed by atoms with Gasteiger partial charge in [-0.1, -0.05) is 42.5 Å². The van der Waals surface area contributed by atoms with Gasteiger partial charge in [-0.15, -0.1) is 0 Å². The number of nitrogens with two attached hydrogens (primary N) is 1. The largest absolute Gasteiger partial charge is 0.321 e. The van der Waals surface area contributed by atoms with Crippen LogP contribution in [0.2, 0.25) is 0 Å². The van der Waals surface area contributed by atoms with Gasteiger partial charge in [0.2, 0.25) is 0 Å². The highest BCUT2D eigenvalue weighted by atomic mass is 19.1. The van der Waals surface area contributed by atoms with Gasteiger partial charge >= 0.3 is 0 Å². The third kappa shape index (κ3) is 1.83. The van der Waals surface area contributed by atoms with E-state index < -0.39 is 5.54 Å². The fourth-order valence-corrected chi connectivity index (χ4v) is 2.88. The summed E-state index contributed by atoms with van der Waals surface area (Å²) >= 11 is 0. The number of fused-ring (bicyclic) bond motifs is 1. The van der Waals surface area contributed by atoms with E-state index in [1.165, 1.54) is 17.2 Å². The predicted octanol–water partition coefficient (Wildman–Crippen LogP) is 3.17. The lowest BCUT2D eigenvalue weighted by molar-refractivity contribution is 0.429. The lowest BCUT2D eigenvalue weighted by Gasteiger charge is -2.25. The fourth-order valence-electron chi connectivity index (χ4n) is 2.88. The summed E-state index contributed by atoms with van der Waals surface area (Å²) in [5.74, 6) is -0.160. The van der Waals surface area contributed by atoms with E-state index in [9.17, 15) is 4.39 Å². The van der Waals surface area contributed by atoms with Crippen molar-refractivity contribution in [2.24, 2.45) is 5.73 Å². The minimum absolute atomic E-state index is 0.160. The van der Waals surface area contributed by atoms with Gasteiger partial charge in [0.15, 0.2) is 0 Å². The van der Waals surface area contributed by atoms with Gasteiger partial charge in [0.25, 0.3) is 0 Å². The van der Waals surface area contributed by atoms with Gasteiger partial charge in [-0.25, -0.2) is 4.39 Å². The molecule has 1 unspecified atom stereocenters. The highest BCUT2D eigenvalue weighted by Crippen LogP contribution is 2.37. The molecule has 1 atom stereocenters. The molecule has 0 amide bonds. The quantitative estimate of drug-likeness (QED) is 0.858. The van der Waals surface area contributed by atoms with E-state index in [-0.39, 0.29) is 5.82 Å². The van der Waals surface area contributed by atoms with Crippen LogP contribution < -0.4 is 5.73 Å². The van der Waals surface area contributed by atoms with Crippen LogP contribution in [0.3, 0.4) is 0 Å². The first kappa shape index (κ1) is 11.4. The maximum atomic E-state index is 13.7. The average Bonchev–Trinajstić information content (AvgIpc) is 2.71. The number of aryl methyl sites for hydroxylation is 1. The second kappa shape index (κ2) is 4.21. The van der Waals surface area contributed by atoms with Gasteiger partial charge in [-0.3, -0.25) is 0 Å². The van der Waals surface area contributed by atoms with Crippen molar-refractivity contribution in [1.29, 1.82) is 0 Å². The van der Waals surface area contributed by atoms with Crippen LogP contribution in [-0.4, -0.2) is 0 Å². The van der Waals surface area contributed by atoms with Gasteiger partial charge in [-0.05, 0) is 42.0 Å². The molecule has 1 aliphatic rings. The van der Waals surface area contributed by atoms with Crippen molar-refractivity contribution in [1.82, 2.24) is 0 Å². The lowest BCUT2D eigenvalue weighted by Crippen LogP contribution is -2.36. The Bertz CT molecular complexity index is 579. The Hall–Kier alpha value is -1.67. The molecule has 3 rings (SSSR count). The lowest BCUT2D eigenvalue weighted by atomic mass is 9.86. The number of rotatable bonds is 2. The molecule has 0 radical (unpaired) electrons. The van der Waals surface area contributed by atoms with E-state index in [4.69, 9.17) is 5.73 Å². The van der Waals surface area contributed by atoms with Crippen molar-refractivity contribution in [3.63, 3.8) is 0 Å². The van der Waals surface area contributed by atoms with Crippen molar-refractivity contribution >= 4 is 0 Å². The Morgan fingerprint density at radius 1 is 1.06 bits per heavy atom. The van der Waals surface area contributed by atoms with Crippen LogP contribution in [0, 0.1) is 5.82 Å². The molecule has 0 aromatic heterocycles. The molecular formula is C16H16FN. The molecule has 2 heteroatoms. The molecule has 1 nitrogen and oxygen atoms in total. The van der Waals surface area contributed by atoms with E-state index in [0.29, 0.717) is 12.0 Å². The minimum atomic E-state index is -0.418. The summed E-state index contributed by atoms with van der Waals surface area (Å²) < 4.78 is 13.7. The van der Waals surface area contributed by atoms with Crippen LogP contribution >= 0.6 is 0 Å². The van der Waals surface area contributed by atoms with Crippen molar-refractivity contribution in [3.05, 3.63) is 71.0 Å². The Labute approximate surface area is 106 Å². The summed E-state index contributed by atoms with van der Waals surface area (Å²) in [6, 6.07) is 15.1. The first-order valence-electron chi connectivity index (χ1n) is 6.30. The van der Waals surface area contributed by atoms with Gasteiger partial charge in [-0.2, -0.15) is 0 Å². The molecule has 2 N–H and O–H groups in total. The van der Waals surface area contributed by atoms with E-state index in [1.807, 2.05) is 24.3 Å². The molecule has 0 spiro atoms. The molecule has 18 heavy (non-hydrogen) atoms. The summed E-state index contributed by atoms with van der Waals surface area (Å²) in [5.41, 5.74) is 9.27. The molecule has 0 fully saturated rings. The van der Waals surface area contributed by atoms with Crippen LogP contribution in [0.15, 0.2) is 48.5 Å². The van der Waals surface area contributed by atoms with Crippen LogP contribution in [-0.2, 0) is 18.4 Å². The van der Waals surface area contributed by atoms with E-state index in [1.54, 1.807) is 6.07 Å². The summed E-state index contributed by atoms with van der Waals surface area (Å²) in [7, 11) is 0. The van der Waals surface area contributed by atoms with E-state index >= 15 is 0 Å². The molecule has 0 heterocycles. The molecule has 0 aliphatic heterocycles. The Kier molecular flexibility index (Phi) is 2.67. The molecule has 92 valence electrons. The summed E-state index contributed by atoms with van der Waals surface area (Å²) in [6.07, 6.45) is 2.44. The molecule has 2 aromatic carbocycles. The maximum absolute atomic E-state index is 13.7. The zero-order valence-corrected chi connectivity index (χ0v) is 10.2. The van der Waals surface area contributed by atoms with Crippen LogP contribution in [0.1, 0.15) is 23.1 Å². The minimum Gasteiger partial charge on any atom is -0.321 e. The summed E-state index contributed by atoms with van der Waals surface area (Å²) in [6.45, 7) is 0. The monoisotopic (exact) mass is 241 g/mol. The first-order chi connectivity index (χ1) is 8.69. The standard InChI is InChI=1S/C16H16FN/c17-15-8-4-2-6-13(15)11-16(18)10-9-12-5-1-3-7-14(12)16/h1-8H,9-11,18H2. The van der Waals surface area contributed by atoms with Crippen molar-refractivity contribution in [3.8, 4) is 0 Å². The Balaban J connectivity index is 1.96. The van der Waals surface area contributed by atoms with E-state index in [2.05, 4.69) is 12.1 Å². The topological polar surface area (TPSA) is 26.0 Å². The molecule has 1 aliphatic carbocycles. The second-order valence-electron chi connectivity index (χ2n) is 5.08. The third-order valence-corrected chi connectivity index (χ3v) is 3.86. The predicted molar refractivity (Wildman–Crippen MR) is 70.7 cm³/mol. The van der Waals surface area contributed by atoms with Crippen LogP contribution in [0.5, 0.6) is 0 Å². The number of hydrogen-bond donors (Lipinski definition) is 1. The van der Waals surface area contributed by atoms with Crippen molar-refractivity contribution in [2.75, 3.05) is 0 Å². The van der Waals surface area contributed by atoms with Crippen LogP contribution in [0.25, 0.3) is 0 Å². The first-order valence-corrected chi connectivity index (χ1v) is 6.30. The molecule has 0 saturated carbocycles. The number of benzene rings is 2.